The number of oxazole rings is 1. The number of hydrogen-bond acceptors (Lipinski definition) is 3. The Morgan fingerprint density at radius 1 is 1.47 bits per heavy atom. The summed E-state index contributed by atoms with van der Waals surface area (Å²) in [6, 6.07) is 5.05. The topological polar surface area (TPSA) is 55.1 Å². The molecule has 0 aliphatic carbocycles. The van der Waals surface area contributed by atoms with Gasteiger partial charge in [0.2, 0.25) is 5.89 Å². The normalized spacial score (nSPS) is 10.5. The second kappa shape index (κ2) is 5.75. The van der Waals surface area contributed by atoms with Crippen LogP contribution in [0.4, 0.5) is 0 Å². The summed E-state index contributed by atoms with van der Waals surface area (Å²) < 4.78 is 6.08. The van der Waals surface area contributed by atoms with Crippen molar-refractivity contribution in [3.05, 3.63) is 50.6 Å². The third-order valence-corrected chi connectivity index (χ3v) is 3.57. The van der Waals surface area contributed by atoms with E-state index in [2.05, 4.69) is 26.2 Å². The van der Waals surface area contributed by atoms with Crippen LogP contribution in [0.1, 0.15) is 27.7 Å². The predicted octanol–water partition coefficient (Wildman–Crippen LogP) is 3.64. The zero-order valence-electron chi connectivity index (χ0n) is 10.5. The molecule has 4 nitrogen and oxygen atoms in total. The van der Waals surface area contributed by atoms with Crippen LogP contribution >= 0.6 is 27.5 Å². The Morgan fingerprint density at radius 2 is 2.21 bits per heavy atom. The third-order valence-electron chi connectivity index (χ3n) is 2.65. The molecule has 0 bridgehead atoms. The monoisotopic (exact) mass is 342 g/mol. The summed E-state index contributed by atoms with van der Waals surface area (Å²) in [5.74, 6) is 1.01. The van der Waals surface area contributed by atoms with Gasteiger partial charge in [-0.1, -0.05) is 11.6 Å². The van der Waals surface area contributed by atoms with E-state index in [1.807, 2.05) is 13.8 Å². The molecule has 2 aromatic rings. The fourth-order valence-corrected chi connectivity index (χ4v) is 2.14. The molecule has 0 spiro atoms. The lowest BCUT2D eigenvalue weighted by molar-refractivity contribution is 0.0946. The number of hydrogen-bond donors (Lipinski definition) is 1. The molecule has 0 aliphatic heterocycles. The van der Waals surface area contributed by atoms with Crippen LogP contribution in [0.25, 0.3) is 0 Å². The van der Waals surface area contributed by atoms with Gasteiger partial charge in [-0.25, -0.2) is 4.98 Å². The van der Waals surface area contributed by atoms with E-state index in [0.717, 1.165) is 11.5 Å². The molecule has 19 heavy (non-hydrogen) atoms. The van der Waals surface area contributed by atoms with Gasteiger partial charge in [-0.05, 0) is 48.0 Å². The Labute approximate surface area is 124 Å². The minimum atomic E-state index is -0.233. The van der Waals surface area contributed by atoms with Gasteiger partial charge in [0, 0.05) is 9.50 Å². The Bertz CT molecular complexity index is 606. The number of halogens is 2. The van der Waals surface area contributed by atoms with Crippen molar-refractivity contribution in [3.63, 3.8) is 0 Å². The predicted molar refractivity (Wildman–Crippen MR) is 76.3 cm³/mol. The third kappa shape index (κ3) is 3.36. The maximum absolute atomic E-state index is 12.0. The van der Waals surface area contributed by atoms with Gasteiger partial charge in [-0.2, -0.15) is 0 Å². The number of nitrogens with zero attached hydrogens (tertiary/aromatic N) is 1. The minimum Gasteiger partial charge on any atom is -0.444 e. The second-order valence-corrected chi connectivity index (χ2v) is 5.35. The van der Waals surface area contributed by atoms with Crippen LogP contribution in [0.5, 0.6) is 0 Å². The number of rotatable bonds is 3. The van der Waals surface area contributed by atoms with Crippen LogP contribution in [0.3, 0.4) is 0 Å². The molecule has 1 aromatic heterocycles. The average Bonchev–Trinajstić information content (AvgIpc) is 2.69. The zero-order chi connectivity index (χ0) is 14.0. The summed E-state index contributed by atoms with van der Waals surface area (Å²) in [7, 11) is 0. The van der Waals surface area contributed by atoms with E-state index in [1.54, 1.807) is 18.2 Å². The Kier molecular flexibility index (Phi) is 4.27. The molecule has 100 valence electrons. The number of amides is 1. The van der Waals surface area contributed by atoms with Crippen molar-refractivity contribution in [2.45, 2.75) is 20.4 Å². The lowest BCUT2D eigenvalue weighted by Gasteiger charge is -2.05. The minimum absolute atomic E-state index is 0.233. The van der Waals surface area contributed by atoms with Gasteiger partial charge in [0.05, 0.1) is 17.8 Å². The smallest absolute Gasteiger partial charge is 0.252 e. The van der Waals surface area contributed by atoms with Crippen molar-refractivity contribution in [2.24, 2.45) is 0 Å². The van der Waals surface area contributed by atoms with Crippen molar-refractivity contribution in [2.75, 3.05) is 0 Å². The van der Waals surface area contributed by atoms with Gasteiger partial charge < -0.3 is 9.73 Å². The van der Waals surface area contributed by atoms with Crippen molar-refractivity contribution >= 4 is 33.4 Å². The Balaban J connectivity index is 2.07. The average molecular weight is 344 g/mol. The highest BCUT2D eigenvalue weighted by molar-refractivity contribution is 9.10. The van der Waals surface area contributed by atoms with Crippen LogP contribution in [0.15, 0.2) is 27.1 Å². The molecule has 0 fully saturated rings. The van der Waals surface area contributed by atoms with E-state index in [1.165, 1.54) is 0 Å². The molecule has 0 unspecified atom stereocenters. The first kappa shape index (κ1) is 14.1. The fourth-order valence-electron chi connectivity index (χ4n) is 1.54. The van der Waals surface area contributed by atoms with E-state index in [9.17, 15) is 4.79 Å². The van der Waals surface area contributed by atoms with Gasteiger partial charge in [0.15, 0.2) is 0 Å². The highest BCUT2D eigenvalue weighted by Gasteiger charge is 2.12. The lowest BCUT2D eigenvalue weighted by atomic mass is 10.2. The zero-order valence-corrected chi connectivity index (χ0v) is 12.8. The van der Waals surface area contributed by atoms with Gasteiger partial charge in [-0.15, -0.1) is 0 Å². The second-order valence-electron chi connectivity index (χ2n) is 4.06. The summed E-state index contributed by atoms with van der Waals surface area (Å²) in [6.45, 7) is 3.94. The van der Waals surface area contributed by atoms with Crippen LogP contribution in [-0.2, 0) is 6.54 Å². The Hall–Kier alpha value is -1.33. The molecule has 1 aromatic carbocycles. The lowest BCUT2D eigenvalue weighted by Crippen LogP contribution is -2.23. The van der Waals surface area contributed by atoms with Gasteiger partial charge in [0.1, 0.15) is 5.76 Å². The highest BCUT2D eigenvalue weighted by Crippen LogP contribution is 2.21. The van der Waals surface area contributed by atoms with E-state index in [4.69, 9.17) is 16.0 Å². The SMILES string of the molecule is Cc1nc(CNC(=O)c2cc(Cl)ccc2Br)oc1C. The van der Waals surface area contributed by atoms with Crippen molar-refractivity contribution < 1.29 is 9.21 Å². The van der Waals surface area contributed by atoms with E-state index >= 15 is 0 Å². The molecule has 1 heterocycles. The number of carbonyl (C=O) groups is 1. The van der Waals surface area contributed by atoms with Crippen LogP contribution in [0.2, 0.25) is 5.02 Å². The molecule has 6 heteroatoms. The number of aromatic nitrogens is 1. The van der Waals surface area contributed by atoms with Crippen molar-refractivity contribution in [3.8, 4) is 0 Å². The number of nitrogens with one attached hydrogen (secondary N) is 1. The number of carbonyl (C=O) groups excluding carboxylic acids is 1. The van der Waals surface area contributed by atoms with Crippen LogP contribution in [-0.4, -0.2) is 10.9 Å². The van der Waals surface area contributed by atoms with Gasteiger partial charge >= 0.3 is 0 Å². The molecule has 0 aliphatic rings. The maximum atomic E-state index is 12.0. The molecule has 2 rings (SSSR count). The van der Waals surface area contributed by atoms with Gasteiger partial charge in [-0.3, -0.25) is 4.79 Å². The largest absolute Gasteiger partial charge is 0.444 e. The number of benzene rings is 1. The summed E-state index contributed by atoms with van der Waals surface area (Å²) in [6.07, 6.45) is 0. The molecule has 0 radical (unpaired) electrons. The maximum Gasteiger partial charge on any atom is 0.252 e. The van der Waals surface area contributed by atoms with E-state index in [-0.39, 0.29) is 12.5 Å². The van der Waals surface area contributed by atoms with E-state index < -0.39 is 0 Å². The quantitative estimate of drug-likeness (QED) is 0.925. The fraction of sp³-hybridized carbons (Fsp3) is 0.231. The van der Waals surface area contributed by atoms with Crippen LogP contribution < -0.4 is 5.32 Å². The molecule has 1 amide bonds. The Morgan fingerprint density at radius 3 is 2.84 bits per heavy atom. The molecule has 0 saturated heterocycles. The molecular formula is C13H12BrClN2O2. The van der Waals surface area contributed by atoms with Crippen molar-refractivity contribution in [1.82, 2.24) is 10.3 Å². The summed E-state index contributed by atoms with van der Waals surface area (Å²) in [5.41, 5.74) is 1.31. The molecule has 1 N–H and O–H groups in total. The van der Waals surface area contributed by atoms with Gasteiger partial charge in [0.25, 0.3) is 5.91 Å². The first-order valence-corrected chi connectivity index (χ1v) is 6.80. The highest BCUT2D eigenvalue weighted by atomic mass is 79.9. The first-order valence-electron chi connectivity index (χ1n) is 5.63. The molecular weight excluding hydrogens is 332 g/mol. The standard InChI is InChI=1S/C13H12BrClN2O2/c1-7-8(2)19-12(17-7)6-16-13(18)10-5-9(15)3-4-11(10)14/h3-5H,6H2,1-2H3,(H,16,18). The molecule has 0 saturated carbocycles. The summed E-state index contributed by atoms with van der Waals surface area (Å²) in [4.78, 5) is 16.2. The summed E-state index contributed by atoms with van der Waals surface area (Å²) >= 11 is 9.18. The first-order chi connectivity index (χ1) is 8.97. The van der Waals surface area contributed by atoms with E-state index in [0.29, 0.717) is 20.9 Å². The number of aryl methyl sites for hydroxylation is 2. The van der Waals surface area contributed by atoms with Crippen LogP contribution in [0, 0.1) is 13.8 Å². The molecule has 0 atom stereocenters. The summed E-state index contributed by atoms with van der Waals surface area (Å²) in [5, 5.41) is 3.25. The van der Waals surface area contributed by atoms with Crippen molar-refractivity contribution in [1.29, 1.82) is 0 Å².